The summed E-state index contributed by atoms with van der Waals surface area (Å²) < 4.78 is 12.9. The molecule has 0 radical (unpaired) electrons. The van der Waals surface area contributed by atoms with E-state index in [4.69, 9.17) is 9.47 Å². The van der Waals surface area contributed by atoms with E-state index in [-0.39, 0.29) is 17.9 Å². The van der Waals surface area contributed by atoms with E-state index < -0.39 is 0 Å². The molecule has 0 bridgehead atoms. The van der Waals surface area contributed by atoms with Gasteiger partial charge in [0.25, 0.3) is 5.91 Å². The largest absolute Gasteiger partial charge is 0.491 e. The van der Waals surface area contributed by atoms with Crippen molar-refractivity contribution in [3.8, 4) is 5.75 Å². The highest BCUT2D eigenvalue weighted by Crippen LogP contribution is 2.27. The van der Waals surface area contributed by atoms with Crippen molar-refractivity contribution in [1.29, 1.82) is 0 Å². The van der Waals surface area contributed by atoms with Crippen molar-refractivity contribution in [2.75, 3.05) is 19.8 Å². The van der Waals surface area contributed by atoms with E-state index in [1.54, 1.807) is 10.9 Å². The Labute approximate surface area is 140 Å². The minimum Gasteiger partial charge on any atom is -0.491 e. The van der Waals surface area contributed by atoms with Crippen LogP contribution in [0.2, 0.25) is 0 Å². The Morgan fingerprint density at radius 2 is 2.21 bits per heavy atom. The Bertz CT molecular complexity index is 750. The molecule has 1 aromatic heterocycles. The van der Waals surface area contributed by atoms with Crippen molar-refractivity contribution < 1.29 is 14.3 Å². The summed E-state index contributed by atoms with van der Waals surface area (Å²) in [5, 5.41) is 7.58. The van der Waals surface area contributed by atoms with E-state index in [0.29, 0.717) is 18.8 Å². The molecule has 3 heterocycles. The summed E-state index contributed by atoms with van der Waals surface area (Å²) >= 11 is 0. The monoisotopic (exact) mass is 327 g/mol. The van der Waals surface area contributed by atoms with E-state index in [1.807, 2.05) is 31.3 Å². The van der Waals surface area contributed by atoms with Gasteiger partial charge in [0.2, 0.25) is 0 Å². The van der Waals surface area contributed by atoms with Crippen LogP contribution < -0.4 is 10.1 Å². The van der Waals surface area contributed by atoms with E-state index >= 15 is 0 Å². The predicted octanol–water partition coefficient (Wildman–Crippen LogP) is 1.66. The van der Waals surface area contributed by atoms with Gasteiger partial charge in [0, 0.05) is 25.8 Å². The van der Waals surface area contributed by atoms with Crippen molar-refractivity contribution in [3.05, 3.63) is 47.3 Å². The van der Waals surface area contributed by atoms with Gasteiger partial charge < -0.3 is 14.8 Å². The fourth-order valence-corrected chi connectivity index (χ4v) is 3.42. The Morgan fingerprint density at radius 3 is 3.04 bits per heavy atom. The lowest BCUT2D eigenvalue weighted by molar-refractivity contribution is 0.0913. The van der Waals surface area contributed by atoms with Gasteiger partial charge in [-0.05, 0) is 24.5 Å². The first-order chi connectivity index (χ1) is 11.7. The van der Waals surface area contributed by atoms with Gasteiger partial charge in [0.15, 0.2) is 0 Å². The molecular weight excluding hydrogens is 306 g/mol. The quantitative estimate of drug-likeness (QED) is 0.931. The molecule has 0 aliphatic carbocycles. The third-order valence-corrected chi connectivity index (χ3v) is 4.63. The number of aryl methyl sites for hydroxylation is 1. The van der Waals surface area contributed by atoms with Crippen molar-refractivity contribution in [3.63, 3.8) is 0 Å². The Kier molecular flexibility index (Phi) is 3.98. The van der Waals surface area contributed by atoms with Crippen LogP contribution in [0.15, 0.2) is 30.5 Å². The maximum atomic E-state index is 12.8. The highest BCUT2D eigenvalue weighted by molar-refractivity contribution is 5.95. The van der Waals surface area contributed by atoms with Gasteiger partial charge >= 0.3 is 0 Å². The zero-order valence-electron chi connectivity index (χ0n) is 13.7. The first-order valence-corrected chi connectivity index (χ1v) is 8.33. The van der Waals surface area contributed by atoms with E-state index in [1.165, 1.54) is 0 Å². The standard InChI is InChI=1S/C18H21N3O3/c1-21-9-15(17(20-21)13-6-7-23-10-13)18(22)19-14-8-12-4-2-3-5-16(12)24-11-14/h2-5,9,13-14H,6-8,10-11H2,1H3,(H,19,22)/t13-,14+/m0/s1. The van der Waals surface area contributed by atoms with Crippen LogP contribution in [0, 0.1) is 0 Å². The molecule has 126 valence electrons. The fourth-order valence-electron chi connectivity index (χ4n) is 3.42. The van der Waals surface area contributed by atoms with Crippen LogP contribution in [0.25, 0.3) is 0 Å². The van der Waals surface area contributed by atoms with Gasteiger partial charge in [-0.25, -0.2) is 0 Å². The van der Waals surface area contributed by atoms with E-state index in [0.717, 1.165) is 36.5 Å². The summed E-state index contributed by atoms with van der Waals surface area (Å²) in [7, 11) is 1.84. The van der Waals surface area contributed by atoms with Crippen LogP contribution in [-0.4, -0.2) is 41.6 Å². The Hall–Kier alpha value is -2.34. The molecule has 0 spiro atoms. The summed E-state index contributed by atoms with van der Waals surface area (Å²) in [6.45, 7) is 1.86. The van der Waals surface area contributed by atoms with Gasteiger partial charge in [0.1, 0.15) is 12.4 Å². The maximum Gasteiger partial charge on any atom is 0.255 e. The highest BCUT2D eigenvalue weighted by atomic mass is 16.5. The molecule has 0 saturated carbocycles. The van der Waals surface area contributed by atoms with Crippen molar-refractivity contribution >= 4 is 5.91 Å². The fraction of sp³-hybridized carbons (Fsp3) is 0.444. The van der Waals surface area contributed by atoms with Crippen LogP contribution in [-0.2, 0) is 18.2 Å². The SMILES string of the molecule is Cn1cc(C(=O)N[C@H]2COc3ccccc3C2)c([C@H]2CCOC2)n1. The molecule has 2 aliphatic rings. The number of nitrogens with one attached hydrogen (secondary N) is 1. The maximum absolute atomic E-state index is 12.8. The van der Waals surface area contributed by atoms with E-state index in [2.05, 4.69) is 10.4 Å². The number of nitrogens with zero attached hydrogens (tertiary/aromatic N) is 2. The number of para-hydroxylation sites is 1. The Morgan fingerprint density at radius 1 is 1.33 bits per heavy atom. The molecule has 2 aromatic rings. The molecule has 1 aromatic carbocycles. The summed E-state index contributed by atoms with van der Waals surface area (Å²) in [5.41, 5.74) is 2.61. The summed E-state index contributed by atoms with van der Waals surface area (Å²) in [5.74, 6) is 1.03. The topological polar surface area (TPSA) is 65.4 Å². The van der Waals surface area contributed by atoms with Gasteiger partial charge in [-0.15, -0.1) is 0 Å². The summed E-state index contributed by atoms with van der Waals surface area (Å²) in [4.78, 5) is 12.8. The van der Waals surface area contributed by atoms with Crippen LogP contribution >= 0.6 is 0 Å². The average molecular weight is 327 g/mol. The molecule has 2 atom stereocenters. The summed E-state index contributed by atoms with van der Waals surface area (Å²) in [6.07, 6.45) is 3.49. The molecule has 6 nitrogen and oxygen atoms in total. The molecule has 1 saturated heterocycles. The molecule has 6 heteroatoms. The number of rotatable bonds is 3. The number of hydrogen-bond donors (Lipinski definition) is 1. The lowest BCUT2D eigenvalue weighted by Crippen LogP contribution is -2.43. The lowest BCUT2D eigenvalue weighted by atomic mass is 9.99. The zero-order valence-corrected chi connectivity index (χ0v) is 13.7. The van der Waals surface area contributed by atoms with E-state index in [9.17, 15) is 4.79 Å². The van der Waals surface area contributed by atoms with Crippen molar-refractivity contribution in [2.24, 2.45) is 7.05 Å². The number of benzene rings is 1. The molecule has 1 amide bonds. The van der Waals surface area contributed by atoms with Gasteiger partial charge in [-0.2, -0.15) is 5.10 Å². The average Bonchev–Trinajstić information content (AvgIpc) is 3.24. The minimum atomic E-state index is -0.0852. The third kappa shape index (κ3) is 2.89. The number of fused-ring (bicyclic) bond motifs is 1. The third-order valence-electron chi connectivity index (χ3n) is 4.63. The second kappa shape index (κ2) is 6.28. The molecule has 1 fully saturated rings. The predicted molar refractivity (Wildman–Crippen MR) is 88.3 cm³/mol. The number of carbonyl (C=O) groups excluding carboxylic acids is 1. The first-order valence-electron chi connectivity index (χ1n) is 8.33. The van der Waals surface area contributed by atoms with Crippen LogP contribution in [0.1, 0.15) is 34.0 Å². The molecule has 2 aliphatic heterocycles. The number of amides is 1. The summed E-state index contributed by atoms with van der Waals surface area (Å²) in [6, 6.07) is 7.93. The Balaban J connectivity index is 1.49. The van der Waals surface area contributed by atoms with Crippen LogP contribution in [0.5, 0.6) is 5.75 Å². The smallest absolute Gasteiger partial charge is 0.255 e. The van der Waals surface area contributed by atoms with Crippen LogP contribution in [0.4, 0.5) is 0 Å². The first kappa shape index (κ1) is 15.2. The molecule has 1 N–H and O–H groups in total. The highest BCUT2D eigenvalue weighted by Gasteiger charge is 2.28. The molecule has 4 rings (SSSR count). The lowest BCUT2D eigenvalue weighted by Gasteiger charge is -2.26. The molecular formula is C18H21N3O3. The second-order valence-electron chi connectivity index (χ2n) is 6.46. The minimum absolute atomic E-state index is 0.0275. The van der Waals surface area contributed by atoms with Crippen molar-refractivity contribution in [1.82, 2.24) is 15.1 Å². The van der Waals surface area contributed by atoms with Gasteiger partial charge in [0.05, 0.1) is 23.9 Å². The number of aromatic nitrogens is 2. The van der Waals surface area contributed by atoms with Gasteiger partial charge in [-0.1, -0.05) is 18.2 Å². The molecule has 0 unspecified atom stereocenters. The molecule has 24 heavy (non-hydrogen) atoms. The zero-order chi connectivity index (χ0) is 16.5. The number of carbonyl (C=O) groups is 1. The van der Waals surface area contributed by atoms with Crippen LogP contribution in [0.3, 0.4) is 0 Å². The number of ether oxygens (including phenoxy) is 2. The number of hydrogen-bond acceptors (Lipinski definition) is 4. The van der Waals surface area contributed by atoms with Crippen molar-refractivity contribution in [2.45, 2.75) is 24.8 Å². The van der Waals surface area contributed by atoms with Gasteiger partial charge in [-0.3, -0.25) is 9.48 Å². The normalized spacial score (nSPS) is 22.7. The second-order valence-corrected chi connectivity index (χ2v) is 6.46.